The molecular weight excluding hydrogens is 264 g/mol. The SMILES string of the molecule is CN(C)c1cccc(NC(=O)c2ccnc(F)c2F)c1. The van der Waals surface area contributed by atoms with E-state index in [1.54, 1.807) is 18.2 Å². The van der Waals surface area contributed by atoms with Crippen molar-refractivity contribution in [3.8, 4) is 0 Å². The summed E-state index contributed by atoms with van der Waals surface area (Å²) in [5.41, 5.74) is 0.995. The van der Waals surface area contributed by atoms with Gasteiger partial charge in [0.1, 0.15) is 0 Å². The number of aromatic nitrogens is 1. The molecule has 0 aliphatic heterocycles. The zero-order valence-corrected chi connectivity index (χ0v) is 11.0. The number of nitrogens with one attached hydrogen (secondary N) is 1. The summed E-state index contributed by atoms with van der Waals surface area (Å²) in [4.78, 5) is 16.9. The van der Waals surface area contributed by atoms with E-state index in [1.807, 2.05) is 25.1 Å². The third-order valence-electron chi connectivity index (χ3n) is 2.71. The van der Waals surface area contributed by atoms with Crippen molar-refractivity contribution >= 4 is 17.3 Å². The molecule has 0 fully saturated rings. The van der Waals surface area contributed by atoms with Gasteiger partial charge in [0.05, 0.1) is 5.56 Å². The topological polar surface area (TPSA) is 45.2 Å². The van der Waals surface area contributed by atoms with E-state index in [9.17, 15) is 13.6 Å². The Kier molecular flexibility index (Phi) is 3.93. The van der Waals surface area contributed by atoms with Crippen LogP contribution in [0.5, 0.6) is 0 Å². The number of rotatable bonds is 3. The lowest BCUT2D eigenvalue weighted by Crippen LogP contribution is -2.15. The molecular formula is C14H13F2N3O. The average Bonchev–Trinajstić information content (AvgIpc) is 2.42. The van der Waals surface area contributed by atoms with Crippen molar-refractivity contribution in [1.82, 2.24) is 4.98 Å². The van der Waals surface area contributed by atoms with Gasteiger partial charge in [-0.2, -0.15) is 4.39 Å². The van der Waals surface area contributed by atoms with Crippen molar-refractivity contribution < 1.29 is 13.6 Å². The van der Waals surface area contributed by atoms with Crippen LogP contribution in [0.25, 0.3) is 0 Å². The van der Waals surface area contributed by atoms with Crippen molar-refractivity contribution in [2.24, 2.45) is 0 Å². The molecule has 20 heavy (non-hydrogen) atoms. The van der Waals surface area contributed by atoms with Crippen molar-refractivity contribution in [2.45, 2.75) is 0 Å². The van der Waals surface area contributed by atoms with Gasteiger partial charge in [-0.05, 0) is 24.3 Å². The zero-order chi connectivity index (χ0) is 14.7. The smallest absolute Gasteiger partial charge is 0.258 e. The lowest BCUT2D eigenvalue weighted by Gasteiger charge is -2.14. The van der Waals surface area contributed by atoms with Gasteiger partial charge in [0.15, 0.2) is 5.82 Å². The molecule has 0 aliphatic carbocycles. The molecule has 2 aromatic rings. The molecule has 0 aliphatic rings. The third kappa shape index (κ3) is 2.90. The Labute approximate surface area is 115 Å². The molecule has 0 saturated carbocycles. The molecule has 1 aromatic heterocycles. The summed E-state index contributed by atoms with van der Waals surface area (Å²) in [6.07, 6.45) is 1.05. The van der Waals surface area contributed by atoms with Crippen LogP contribution in [-0.2, 0) is 0 Å². The van der Waals surface area contributed by atoms with Crippen molar-refractivity contribution in [1.29, 1.82) is 0 Å². The predicted octanol–water partition coefficient (Wildman–Crippen LogP) is 2.68. The van der Waals surface area contributed by atoms with Gasteiger partial charge in [0.2, 0.25) is 5.95 Å². The molecule has 6 heteroatoms. The highest BCUT2D eigenvalue weighted by molar-refractivity contribution is 6.04. The maximum Gasteiger partial charge on any atom is 0.258 e. The van der Waals surface area contributed by atoms with E-state index in [-0.39, 0.29) is 5.56 Å². The van der Waals surface area contributed by atoms with Gasteiger partial charge in [-0.1, -0.05) is 6.07 Å². The number of anilines is 2. The molecule has 0 saturated heterocycles. The van der Waals surface area contributed by atoms with E-state index in [1.165, 1.54) is 0 Å². The van der Waals surface area contributed by atoms with Gasteiger partial charge in [-0.15, -0.1) is 0 Å². The van der Waals surface area contributed by atoms with E-state index < -0.39 is 17.7 Å². The lowest BCUT2D eigenvalue weighted by molar-refractivity contribution is 0.102. The fourth-order valence-corrected chi connectivity index (χ4v) is 1.65. The maximum absolute atomic E-state index is 13.5. The first-order chi connectivity index (χ1) is 9.49. The largest absolute Gasteiger partial charge is 0.378 e. The first-order valence-electron chi connectivity index (χ1n) is 5.88. The molecule has 1 N–H and O–H groups in total. The molecule has 1 amide bonds. The number of amides is 1. The number of hydrogen-bond donors (Lipinski definition) is 1. The van der Waals surface area contributed by atoms with Crippen LogP contribution < -0.4 is 10.2 Å². The first-order valence-corrected chi connectivity index (χ1v) is 5.88. The summed E-state index contributed by atoms with van der Waals surface area (Å²) < 4.78 is 26.4. The van der Waals surface area contributed by atoms with Crippen LogP contribution in [0.4, 0.5) is 20.2 Å². The Morgan fingerprint density at radius 2 is 2.00 bits per heavy atom. The minimum Gasteiger partial charge on any atom is -0.378 e. The number of pyridine rings is 1. The molecule has 1 aromatic carbocycles. The Balaban J connectivity index is 2.24. The van der Waals surface area contributed by atoms with Gasteiger partial charge in [0, 0.05) is 31.7 Å². The van der Waals surface area contributed by atoms with E-state index >= 15 is 0 Å². The van der Waals surface area contributed by atoms with E-state index in [4.69, 9.17) is 0 Å². The van der Waals surface area contributed by atoms with Crippen molar-refractivity contribution in [3.05, 3.63) is 53.9 Å². The normalized spacial score (nSPS) is 10.2. The molecule has 4 nitrogen and oxygen atoms in total. The number of carbonyl (C=O) groups excluding carboxylic acids is 1. The summed E-state index contributed by atoms with van der Waals surface area (Å²) in [6.45, 7) is 0. The minimum absolute atomic E-state index is 0.382. The molecule has 104 valence electrons. The number of hydrogen-bond acceptors (Lipinski definition) is 3. The summed E-state index contributed by atoms with van der Waals surface area (Å²) in [7, 11) is 3.72. The third-order valence-corrected chi connectivity index (χ3v) is 2.71. The van der Waals surface area contributed by atoms with Gasteiger partial charge < -0.3 is 10.2 Å². The highest BCUT2D eigenvalue weighted by atomic mass is 19.2. The van der Waals surface area contributed by atoms with Crippen molar-refractivity contribution in [3.63, 3.8) is 0 Å². The van der Waals surface area contributed by atoms with Gasteiger partial charge in [0.25, 0.3) is 5.91 Å². The number of benzene rings is 1. The second kappa shape index (κ2) is 5.64. The van der Waals surface area contributed by atoms with Gasteiger partial charge in [-0.3, -0.25) is 4.79 Å². The Bertz CT molecular complexity index is 644. The minimum atomic E-state index is -1.29. The zero-order valence-electron chi connectivity index (χ0n) is 11.0. The van der Waals surface area contributed by atoms with E-state index in [0.29, 0.717) is 5.69 Å². The van der Waals surface area contributed by atoms with E-state index in [2.05, 4.69) is 10.3 Å². The Morgan fingerprint density at radius 3 is 2.70 bits per heavy atom. The second-order valence-electron chi connectivity index (χ2n) is 4.36. The number of nitrogens with zero attached hydrogens (tertiary/aromatic N) is 2. The average molecular weight is 277 g/mol. The van der Waals surface area contributed by atoms with Crippen LogP contribution in [-0.4, -0.2) is 25.0 Å². The van der Waals surface area contributed by atoms with Crippen molar-refractivity contribution in [2.75, 3.05) is 24.3 Å². The maximum atomic E-state index is 13.5. The Hall–Kier alpha value is -2.50. The fourth-order valence-electron chi connectivity index (χ4n) is 1.65. The number of halogens is 2. The van der Waals surface area contributed by atoms with E-state index in [0.717, 1.165) is 18.0 Å². The van der Waals surface area contributed by atoms with Gasteiger partial charge in [-0.25, -0.2) is 9.37 Å². The molecule has 0 bridgehead atoms. The summed E-state index contributed by atoms with van der Waals surface area (Å²) in [5, 5.41) is 2.52. The fraction of sp³-hybridized carbons (Fsp3) is 0.143. The van der Waals surface area contributed by atoms with Crippen LogP contribution in [0.15, 0.2) is 36.5 Å². The van der Waals surface area contributed by atoms with Gasteiger partial charge >= 0.3 is 0 Å². The highest BCUT2D eigenvalue weighted by Gasteiger charge is 2.16. The molecule has 0 spiro atoms. The summed E-state index contributed by atoms with van der Waals surface area (Å²) in [6, 6.07) is 8.15. The van der Waals surface area contributed by atoms with Crippen LogP contribution in [0.3, 0.4) is 0 Å². The summed E-state index contributed by atoms with van der Waals surface area (Å²) in [5.74, 6) is -3.27. The quantitative estimate of drug-likeness (QED) is 0.877. The standard InChI is InChI=1S/C14H13F2N3O/c1-19(2)10-5-3-4-9(8-10)18-14(20)11-6-7-17-13(16)12(11)15/h3-8H,1-2H3,(H,18,20). The molecule has 0 radical (unpaired) electrons. The highest BCUT2D eigenvalue weighted by Crippen LogP contribution is 2.18. The molecule has 2 rings (SSSR count). The Morgan fingerprint density at radius 1 is 1.25 bits per heavy atom. The second-order valence-corrected chi connectivity index (χ2v) is 4.36. The molecule has 1 heterocycles. The first kappa shape index (κ1) is 13.9. The molecule has 0 unspecified atom stereocenters. The molecule has 0 atom stereocenters. The van der Waals surface area contributed by atoms with Crippen LogP contribution in [0.2, 0.25) is 0 Å². The van der Waals surface area contributed by atoms with Crippen LogP contribution >= 0.6 is 0 Å². The lowest BCUT2D eigenvalue weighted by atomic mass is 10.2. The summed E-state index contributed by atoms with van der Waals surface area (Å²) >= 11 is 0. The monoisotopic (exact) mass is 277 g/mol. The predicted molar refractivity (Wildman–Crippen MR) is 72.9 cm³/mol. The number of carbonyl (C=O) groups is 1. The van der Waals surface area contributed by atoms with Crippen LogP contribution in [0, 0.1) is 11.8 Å². The van der Waals surface area contributed by atoms with Crippen LogP contribution in [0.1, 0.15) is 10.4 Å².